The summed E-state index contributed by atoms with van der Waals surface area (Å²) in [5.74, 6) is -0.335. The summed E-state index contributed by atoms with van der Waals surface area (Å²) in [7, 11) is 0. The van der Waals surface area contributed by atoms with Gasteiger partial charge in [-0.15, -0.1) is 0 Å². The molecule has 0 spiro atoms. The molecule has 0 fully saturated rings. The molecule has 0 bridgehead atoms. The van der Waals surface area contributed by atoms with E-state index in [9.17, 15) is 4.79 Å². The molecule has 0 aliphatic carbocycles. The highest BCUT2D eigenvalue weighted by molar-refractivity contribution is 5.83. The predicted molar refractivity (Wildman–Crippen MR) is 66.0 cm³/mol. The van der Waals surface area contributed by atoms with Crippen LogP contribution in [0.15, 0.2) is 18.2 Å². The molecule has 16 heavy (non-hydrogen) atoms. The summed E-state index contributed by atoms with van der Waals surface area (Å²) in [6.07, 6.45) is 0. The maximum absolute atomic E-state index is 11.2. The monoisotopic (exact) mass is 220 g/mol. The topological polar surface area (TPSA) is 55.1 Å². The van der Waals surface area contributed by atoms with Crippen molar-refractivity contribution in [3.8, 4) is 0 Å². The van der Waals surface area contributed by atoms with E-state index in [-0.39, 0.29) is 5.91 Å². The van der Waals surface area contributed by atoms with Gasteiger partial charge in [0, 0.05) is 6.54 Å². The molecule has 0 aromatic heterocycles. The van der Waals surface area contributed by atoms with Crippen LogP contribution in [0.2, 0.25) is 0 Å². The lowest BCUT2D eigenvalue weighted by molar-refractivity contribution is -0.123. The second-order valence-corrected chi connectivity index (χ2v) is 4.70. The van der Waals surface area contributed by atoms with E-state index in [0.717, 1.165) is 0 Å². The molecular weight excluding hydrogens is 200 g/mol. The lowest BCUT2D eigenvalue weighted by atomic mass is 10.0. The third-order valence-electron chi connectivity index (χ3n) is 3.05. The number of hydrogen-bond acceptors (Lipinski definition) is 2. The molecule has 1 rings (SSSR count). The first-order valence-corrected chi connectivity index (χ1v) is 5.44. The quantitative estimate of drug-likeness (QED) is 0.810. The molecule has 3 N–H and O–H groups in total. The van der Waals surface area contributed by atoms with Crippen LogP contribution >= 0.6 is 0 Å². The van der Waals surface area contributed by atoms with Crippen molar-refractivity contribution in [3.05, 3.63) is 34.9 Å². The first-order valence-electron chi connectivity index (χ1n) is 5.44. The van der Waals surface area contributed by atoms with Gasteiger partial charge in [-0.1, -0.05) is 18.2 Å². The fourth-order valence-corrected chi connectivity index (χ4v) is 1.41. The Morgan fingerprint density at radius 3 is 2.56 bits per heavy atom. The van der Waals surface area contributed by atoms with E-state index in [2.05, 4.69) is 31.3 Å². The number of carbonyl (C=O) groups is 1. The number of aryl methyl sites for hydroxylation is 1. The highest BCUT2D eigenvalue weighted by Gasteiger charge is 2.23. The van der Waals surface area contributed by atoms with Crippen molar-refractivity contribution in [2.24, 2.45) is 5.73 Å². The number of rotatable bonds is 4. The van der Waals surface area contributed by atoms with Crippen molar-refractivity contribution < 1.29 is 4.79 Å². The Labute approximate surface area is 97.0 Å². The van der Waals surface area contributed by atoms with Gasteiger partial charge in [0.05, 0.1) is 5.54 Å². The van der Waals surface area contributed by atoms with Crippen LogP contribution in [0.3, 0.4) is 0 Å². The zero-order valence-corrected chi connectivity index (χ0v) is 10.4. The summed E-state index contributed by atoms with van der Waals surface area (Å²) < 4.78 is 0. The second-order valence-electron chi connectivity index (χ2n) is 4.70. The summed E-state index contributed by atoms with van der Waals surface area (Å²) in [5.41, 5.74) is 8.35. The summed E-state index contributed by atoms with van der Waals surface area (Å²) in [6.45, 7) is 8.41. The zero-order chi connectivity index (χ0) is 12.3. The summed E-state index contributed by atoms with van der Waals surface area (Å²) in [6, 6.07) is 6.17. The Kier molecular flexibility index (Phi) is 3.70. The van der Waals surface area contributed by atoms with Crippen LogP contribution in [0.5, 0.6) is 0 Å². The van der Waals surface area contributed by atoms with Gasteiger partial charge in [-0.05, 0) is 44.4 Å². The van der Waals surface area contributed by atoms with E-state index < -0.39 is 5.54 Å². The molecule has 3 nitrogen and oxygen atoms in total. The molecule has 3 heteroatoms. The summed E-state index contributed by atoms with van der Waals surface area (Å²) in [4.78, 5) is 11.2. The van der Waals surface area contributed by atoms with Crippen LogP contribution in [0, 0.1) is 13.8 Å². The Bertz CT molecular complexity index is 397. The highest BCUT2D eigenvalue weighted by Crippen LogP contribution is 2.13. The molecule has 1 aromatic rings. The largest absolute Gasteiger partial charge is 0.368 e. The smallest absolute Gasteiger partial charge is 0.237 e. The lowest BCUT2D eigenvalue weighted by Gasteiger charge is -2.23. The Morgan fingerprint density at radius 2 is 2.00 bits per heavy atom. The Balaban J connectivity index is 2.76. The van der Waals surface area contributed by atoms with E-state index in [1.54, 1.807) is 13.8 Å². The second kappa shape index (κ2) is 4.66. The van der Waals surface area contributed by atoms with E-state index in [0.29, 0.717) is 6.54 Å². The van der Waals surface area contributed by atoms with E-state index in [4.69, 9.17) is 5.73 Å². The van der Waals surface area contributed by atoms with Gasteiger partial charge < -0.3 is 5.73 Å². The molecule has 88 valence electrons. The third-order valence-corrected chi connectivity index (χ3v) is 3.05. The number of carbonyl (C=O) groups excluding carboxylic acids is 1. The molecular formula is C13H20N2O. The number of nitrogens with one attached hydrogen (secondary N) is 1. The maximum Gasteiger partial charge on any atom is 0.237 e. The van der Waals surface area contributed by atoms with E-state index in [1.807, 2.05) is 6.07 Å². The minimum atomic E-state index is -0.670. The average Bonchev–Trinajstić information content (AvgIpc) is 2.20. The molecule has 0 unspecified atom stereocenters. The van der Waals surface area contributed by atoms with Crippen molar-refractivity contribution in [1.82, 2.24) is 5.32 Å². The normalized spacial score (nSPS) is 11.5. The molecule has 0 heterocycles. The highest BCUT2D eigenvalue weighted by atomic mass is 16.1. The van der Waals surface area contributed by atoms with Gasteiger partial charge in [0.1, 0.15) is 0 Å². The van der Waals surface area contributed by atoms with Gasteiger partial charge in [-0.2, -0.15) is 0 Å². The maximum atomic E-state index is 11.2. The molecule has 1 aromatic carbocycles. The summed E-state index contributed by atoms with van der Waals surface area (Å²) in [5, 5.41) is 3.17. The molecule has 0 aliphatic heterocycles. The zero-order valence-electron chi connectivity index (χ0n) is 10.4. The van der Waals surface area contributed by atoms with Gasteiger partial charge in [-0.3, -0.25) is 10.1 Å². The summed E-state index contributed by atoms with van der Waals surface area (Å²) >= 11 is 0. The van der Waals surface area contributed by atoms with Crippen LogP contribution < -0.4 is 11.1 Å². The van der Waals surface area contributed by atoms with Crippen LogP contribution in [0.1, 0.15) is 30.5 Å². The number of amides is 1. The van der Waals surface area contributed by atoms with Crippen LogP contribution in [0.25, 0.3) is 0 Å². The number of benzene rings is 1. The van der Waals surface area contributed by atoms with Crippen molar-refractivity contribution in [2.75, 3.05) is 0 Å². The third kappa shape index (κ3) is 2.83. The lowest BCUT2D eigenvalue weighted by Crippen LogP contribution is -2.50. The Hall–Kier alpha value is -1.35. The van der Waals surface area contributed by atoms with Gasteiger partial charge >= 0.3 is 0 Å². The first kappa shape index (κ1) is 12.7. The molecule has 0 aliphatic rings. The van der Waals surface area contributed by atoms with Gasteiger partial charge in [0.25, 0.3) is 0 Å². The molecule has 0 saturated heterocycles. The molecule has 0 saturated carbocycles. The van der Waals surface area contributed by atoms with Crippen LogP contribution in [-0.4, -0.2) is 11.4 Å². The average molecular weight is 220 g/mol. The minimum Gasteiger partial charge on any atom is -0.368 e. The van der Waals surface area contributed by atoms with Crippen LogP contribution in [0.4, 0.5) is 0 Å². The molecule has 0 radical (unpaired) electrons. The Morgan fingerprint density at radius 1 is 1.38 bits per heavy atom. The number of primary amides is 1. The standard InChI is InChI=1S/C13H20N2O/c1-9-6-5-7-11(10(9)2)8-15-13(3,4)12(14)16/h5-7,15H,8H2,1-4H3,(H2,14,16). The molecule has 1 amide bonds. The van der Waals surface area contributed by atoms with Crippen molar-refractivity contribution >= 4 is 5.91 Å². The van der Waals surface area contributed by atoms with Crippen molar-refractivity contribution in [1.29, 1.82) is 0 Å². The van der Waals surface area contributed by atoms with E-state index in [1.165, 1.54) is 16.7 Å². The molecule has 0 atom stereocenters. The van der Waals surface area contributed by atoms with Crippen LogP contribution in [-0.2, 0) is 11.3 Å². The predicted octanol–water partition coefficient (Wildman–Crippen LogP) is 1.66. The van der Waals surface area contributed by atoms with Gasteiger partial charge in [0.2, 0.25) is 5.91 Å². The van der Waals surface area contributed by atoms with Crippen molar-refractivity contribution in [3.63, 3.8) is 0 Å². The van der Waals surface area contributed by atoms with Gasteiger partial charge in [0.15, 0.2) is 0 Å². The fourth-order valence-electron chi connectivity index (χ4n) is 1.41. The first-order chi connectivity index (χ1) is 7.34. The fraction of sp³-hybridized carbons (Fsp3) is 0.462. The SMILES string of the molecule is Cc1cccc(CNC(C)(C)C(N)=O)c1C. The minimum absolute atomic E-state index is 0.335. The number of nitrogens with two attached hydrogens (primary N) is 1. The van der Waals surface area contributed by atoms with E-state index >= 15 is 0 Å². The van der Waals surface area contributed by atoms with Crippen molar-refractivity contribution in [2.45, 2.75) is 39.8 Å². The number of hydrogen-bond donors (Lipinski definition) is 2. The van der Waals surface area contributed by atoms with Gasteiger partial charge in [-0.25, -0.2) is 0 Å².